The van der Waals surface area contributed by atoms with Crippen LogP contribution in [0.25, 0.3) is 11.1 Å². The van der Waals surface area contributed by atoms with Crippen LogP contribution >= 0.6 is 11.6 Å². The first kappa shape index (κ1) is 17.9. The van der Waals surface area contributed by atoms with Crippen molar-refractivity contribution in [2.45, 2.75) is 38.1 Å². The topological polar surface area (TPSA) is 64.2 Å². The van der Waals surface area contributed by atoms with E-state index in [0.29, 0.717) is 23.7 Å². The van der Waals surface area contributed by atoms with Crippen molar-refractivity contribution >= 4 is 28.6 Å². The Morgan fingerprint density at radius 3 is 2.63 bits per heavy atom. The molecule has 1 aliphatic carbocycles. The van der Waals surface area contributed by atoms with Gasteiger partial charge in [-0.3, -0.25) is 9.36 Å². The highest BCUT2D eigenvalue weighted by Gasteiger charge is 2.45. The highest BCUT2D eigenvalue weighted by atomic mass is 35.5. The molecule has 1 saturated carbocycles. The minimum Gasteiger partial charge on any atom is -0.408 e. The molecule has 1 heterocycles. The molecule has 140 valence electrons. The Balaban J connectivity index is 1.47. The number of aryl methyl sites for hydroxylation is 1. The SMILES string of the molecule is Cc1ccc2c(c1)oc(=O)n2CCNC(=O)C1(c2ccc(Cl)cc2)CCC1. The van der Waals surface area contributed by atoms with Crippen LogP contribution in [0.2, 0.25) is 5.02 Å². The summed E-state index contributed by atoms with van der Waals surface area (Å²) in [5.74, 6) is -0.395. The fraction of sp³-hybridized carbons (Fsp3) is 0.333. The van der Waals surface area contributed by atoms with Crippen LogP contribution < -0.4 is 11.1 Å². The lowest BCUT2D eigenvalue weighted by molar-refractivity contribution is -0.129. The number of rotatable bonds is 5. The van der Waals surface area contributed by atoms with Gasteiger partial charge in [-0.2, -0.15) is 0 Å². The van der Waals surface area contributed by atoms with Gasteiger partial charge in [-0.25, -0.2) is 4.79 Å². The van der Waals surface area contributed by atoms with Gasteiger partial charge in [-0.1, -0.05) is 36.2 Å². The van der Waals surface area contributed by atoms with Crippen molar-refractivity contribution in [2.75, 3.05) is 6.54 Å². The van der Waals surface area contributed by atoms with Crippen molar-refractivity contribution in [2.24, 2.45) is 0 Å². The van der Waals surface area contributed by atoms with Crippen molar-refractivity contribution in [1.29, 1.82) is 0 Å². The largest absolute Gasteiger partial charge is 0.420 e. The number of benzene rings is 2. The van der Waals surface area contributed by atoms with E-state index in [9.17, 15) is 9.59 Å². The van der Waals surface area contributed by atoms with Crippen LogP contribution in [0.5, 0.6) is 0 Å². The van der Waals surface area contributed by atoms with E-state index >= 15 is 0 Å². The second kappa shape index (κ2) is 6.89. The number of carbonyl (C=O) groups is 1. The Hall–Kier alpha value is -2.53. The molecular weight excluding hydrogens is 364 g/mol. The van der Waals surface area contributed by atoms with Gasteiger partial charge < -0.3 is 9.73 Å². The molecular formula is C21H21ClN2O3. The minimum absolute atomic E-state index is 0.00719. The van der Waals surface area contributed by atoms with Gasteiger partial charge in [0, 0.05) is 18.1 Å². The molecule has 1 aliphatic rings. The summed E-state index contributed by atoms with van der Waals surface area (Å²) < 4.78 is 6.86. The standard InChI is InChI=1S/C21H21ClN2O3/c1-14-3-8-17-18(13-14)27-20(26)24(17)12-11-23-19(25)21(9-2-10-21)15-4-6-16(22)7-5-15/h3-8,13H,2,9-12H2,1H3,(H,23,25). The molecule has 1 amide bonds. The average molecular weight is 385 g/mol. The van der Waals surface area contributed by atoms with E-state index in [4.69, 9.17) is 16.0 Å². The van der Waals surface area contributed by atoms with Gasteiger partial charge in [-0.15, -0.1) is 0 Å². The zero-order chi connectivity index (χ0) is 19.0. The molecule has 27 heavy (non-hydrogen) atoms. The molecule has 0 aliphatic heterocycles. The van der Waals surface area contributed by atoms with Crippen LogP contribution in [-0.2, 0) is 16.8 Å². The lowest BCUT2D eigenvalue weighted by Crippen LogP contribution is -2.50. The van der Waals surface area contributed by atoms with Gasteiger partial charge >= 0.3 is 5.76 Å². The van der Waals surface area contributed by atoms with E-state index in [0.717, 1.165) is 35.9 Å². The number of hydrogen-bond acceptors (Lipinski definition) is 3. The zero-order valence-corrected chi connectivity index (χ0v) is 15.9. The Morgan fingerprint density at radius 2 is 1.96 bits per heavy atom. The summed E-state index contributed by atoms with van der Waals surface area (Å²) in [7, 11) is 0. The second-order valence-corrected chi connectivity index (χ2v) is 7.63. The quantitative estimate of drug-likeness (QED) is 0.727. The Labute approximate surface area is 161 Å². The van der Waals surface area contributed by atoms with Gasteiger partial charge in [-0.05, 0) is 55.2 Å². The molecule has 1 fully saturated rings. The van der Waals surface area contributed by atoms with E-state index in [1.54, 1.807) is 4.57 Å². The Morgan fingerprint density at radius 1 is 1.22 bits per heavy atom. The summed E-state index contributed by atoms with van der Waals surface area (Å²) in [6.07, 6.45) is 2.68. The summed E-state index contributed by atoms with van der Waals surface area (Å²) >= 11 is 5.97. The molecule has 0 atom stereocenters. The third-order valence-corrected chi connectivity index (χ3v) is 5.74. The molecule has 2 aromatic carbocycles. The predicted molar refractivity (Wildman–Crippen MR) is 105 cm³/mol. The summed E-state index contributed by atoms with van der Waals surface area (Å²) in [6.45, 7) is 2.69. The van der Waals surface area contributed by atoms with E-state index in [2.05, 4.69) is 5.32 Å². The maximum atomic E-state index is 12.9. The molecule has 0 radical (unpaired) electrons. The molecule has 5 nitrogen and oxygen atoms in total. The third-order valence-electron chi connectivity index (χ3n) is 5.48. The van der Waals surface area contributed by atoms with Crippen LogP contribution in [-0.4, -0.2) is 17.0 Å². The number of fused-ring (bicyclic) bond motifs is 1. The molecule has 0 spiro atoms. The molecule has 0 bridgehead atoms. The Kier molecular flexibility index (Phi) is 4.56. The number of halogens is 1. The first-order chi connectivity index (χ1) is 13.0. The van der Waals surface area contributed by atoms with E-state index in [-0.39, 0.29) is 5.91 Å². The highest BCUT2D eigenvalue weighted by molar-refractivity contribution is 6.30. The smallest absolute Gasteiger partial charge is 0.408 e. The van der Waals surface area contributed by atoms with Crippen LogP contribution in [0.3, 0.4) is 0 Å². The number of amides is 1. The average Bonchev–Trinajstić information content (AvgIpc) is 2.90. The molecule has 1 N–H and O–H groups in total. The van der Waals surface area contributed by atoms with Gasteiger partial charge in [0.15, 0.2) is 5.58 Å². The van der Waals surface area contributed by atoms with Gasteiger partial charge in [0.05, 0.1) is 10.9 Å². The van der Waals surface area contributed by atoms with Crippen molar-refractivity contribution in [3.05, 3.63) is 69.2 Å². The van der Waals surface area contributed by atoms with E-state index in [1.807, 2.05) is 49.4 Å². The first-order valence-electron chi connectivity index (χ1n) is 9.14. The fourth-order valence-corrected chi connectivity index (χ4v) is 3.91. The van der Waals surface area contributed by atoms with E-state index in [1.165, 1.54) is 0 Å². The van der Waals surface area contributed by atoms with Crippen LogP contribution in [0.15, 0.2) is 51.7 Å². The number of aromatic nitrogens is 1. The van der Waals surface area contributed by atoms with Crippen molar-refractivity contribution in [3.63, 3.8) is 0 Å². The molecule has 1 aromatic heterocycles. The zero-order valence-electron chi connectivity index (χ0n) is 15.1. The number of oxazole rings is 1. The molecule has 0 saturated heterocycles. The lowest BCUT2D eigenvalue weighted by atomic mass is 9.64. The van der Waals surface area contributed by atoms with Crippen molar-refractivity contribution in [1.82, 2.24) is 9.88 Å². The molecule has 3 aromatic rings. The maximum absolute atomic E-state index is 12.9. The minimum atomic E-state index is -0.481. The molecule has 6 heteroatoms. The number of nitrogens with zero attached hydrogens (tertiary/aromatic N) is 1. The van der Waals surface area contributed by atoms with Gasteiger partial charge in [0.2, 0.25) is 5.91 Å². The van der Waals surface area contributed by atoms with E-state index < -0.39 is 11.2 Å². The van der Waals surface area contributed by atoms with Crippen molar-refractivity contribution < 1.29 is 9.21 Å². The molecule has 0 unspecified atom stereocenters. The molecule has 4 rings (SSSR count). The number of nitrogens with one attached hydrogen (secondary N) is 1. The Bertz CT molecular complexity index is 1050. The summed E-state index contributed by atoms with van der Waals surface area (Å²) in [6, 6.07) is 13.2. The summed E-state index contributed by atoms with van der Waals surface area (Å²) in [5, 5.41) is 3.67. The maximum Gasteiger partial charge on any atom is 0.420 e. The summed E-state index contributed by atoms with van der Waals surface area (Å²) in [4.78, 5) is 25.0. The lowest BCUT2D eigenvalue weighted by Gasteiger charge is -2.40. The van der Waals surface area contributed by atoms with Gasteiger partial charge in [0.25, 0.3) is 0 Å². The highest BCUT2D eigenvalue weighted by Crippen LogP contribution is 2.44. The number of hydrogen-bond donors (Lipinski definition) is 1. The van der Waals surface area contributed by atoms with Crippen LogP contribution in [0.4, 0.5) is 0 Å². The fourth-order valence-electron chi connectivity index (χ4n) is 3.78. The number of carbonyl (C=O) groups excluding carboxylic acids is 1. The third kappa shape index (κ3) is 3.16. The monoisotopic (exact) mass is 384 g/mol. The predicted octanol–water partition coefficient (Wildman–Crippen LogP) is 3.79. The van der Waals surface area contributed by atoms with Crippen molar-refractivity contribution in [3.8, 4) is 0 Å². The second-order valence-electron chi connectivity index (χ2n) is 7.19. The van der Waals surface area contributed by atoms with Gasteiger partial charge in [0.1, 0.15) is 0 Å². The summed E-state index contributed by atoms with van der Waals surface area (Å²) in [5.41, 5.74) is 2.87. The first-order valence-corrected chi connectivity index (χ1v) is 9.52. The van der Waals surface area contributed by atoms with Crippen LogP contribution in [0, 0.1) is 6.92 Å². The normalized spacial score (nSPS) is 15.5. The van der Waals surface area contributed by atoms with Crippen LogP contribution in [0.1, 0.15) is 30.4 Å².